The second kappa shape index (κ2) is 14.5. The summed E-state index contributed by atoms with van der Waals surface area (Å²) in [5.41, 5.74) is -0.0393. The van der Waals surface area contributed by atoms with Gasteiger partial charge in [0.1, 0.15) is 11.4 Å². The molecule has 6 rings (SSSR count). The molecule has 1 aliphatic carbocycles. The summed E-state index contributed by atoms with van der Waals surface area (Å²) in [4.78, 5) is 33.4. The van der Waals surface area contributed by atoms with Crippen LogP contribution in [-0.4, -0.2) is 103 Å². The van der Waals surface area contributed by atoms with Gasteiger partial charge in [0.15, 0.2) is 0 Å². The number of urea groups is 1. The number of rotatable bonds is 11. The zero-order valence-electron chi connectivity index (χ0n) is 28.6. The molecule has 3 amide bonds. The molecule has 10 nitrogen and oxygen atoms in total. The number of carbonyl (C=O) groups excluding carboxylic acids is 2. The number of nitrogens with one attached hydrogen (secondary N) is 1. The van der Waals surface area contributed by atoms with Crippen molar-refractivity contribution in [2.75, 3.05) is 40.3 Å². The number of hydrogen-bond acceptors (Lipinski definition) is 6. The summed E-state index contributed by atoms with van der Waals surface area (Å²) in [6.07, 6.45) is 9.16. The number of amides is 3. The summed E-state index contributed by atoms with van der Waals surface area (Å²) in [5.74, 6) is -0.563. The predicted octanol–water partition coefficient (Wildman–Crippen LogP) is 4.31. The van der Waals surface area contributed by atoms with Gasteiger partial charge in [-0.05, 0) is 73.9 Å². The minimum atomic E-state index is -3.53. The van der Waals surface area contributed by atoms with E-state index in [2.05, 4.69) is 16.8 Å². The van der Waals surface area contributed by atoms with Crippen molar-refractivity contribution >= 4 is 22.0 Å². The van der Waals surface area contributed by atoms with E-state index >= 15 is 0 Å². The highest BCUT2D eigenvalue weighted by Crippen LogP contribution is 2.44. The van der Waals surface area contributed by atoms with E-state index in [1.165, 1.54) is 30.5 Å². The Kier molecular flexibility index (Phi) is 10.5. The average molecular weight is 696 g/mol. The Labute approximate surface area is 290 Å². The molecule has 0 radical (unpaired) electrons. The van der Waals surface area contributed by atoms with E-state index < -0.39 is 21.4 Å². The van der Waals surface area contributed by atoms with Crippen LogP contribution in [0.4, 0.5) is 9.18 Å². The molecular formula is C37H50FN5O5S. The van der Waals surface area contributed by atoms with Gasteiger partial charge in [0, 0.05) is 70.2 Å². The number of likely N-dealkylation sites (tertiary alicyclic amines) is 1. The SMILES string of the molecule is C=CCN(C(=O)NCc1ccc(S(=O)(=O)N(C)C)cc1)C1C[C@H]2CC[C@@H](C1)N2C[C@H]1CN(C(=O)C2CCCC2)C[C@]1(O)c1cccc(F)c1. The van der Waals surface area contributed by atoms with Gasteiger partial charge >= 0.3 is 6.03 Å². The molecule has 3 saturated heterocycles. The van der Waals surface area contributed by atoms with Crippen LogP contribution in [0, 0.1) is 17.7 Å². The smallest absolute Gasteiger partial charge is 0.318 e. The third-order valence-corrected chi connectivity index (χ3v) is 13.2. The molecule has 5 atom stereocenters. The minimum Gasteiger partial charge on any atom is -0.383 e. The highest BCUT2D eigenvalue weighted by Gasteiger charge is 2.52. The van der Waals surface area contributed by atoms with Gasteiger partial charge in [-0.2, -0.15) is 0 Å². The molecule has 3 aliphatic heterocycles. The van der Waals surface area contributed by atoms with Crippen LogP contribution in [0.15, 0.2) is 66.1 Å². The van der Waals surface area contributed by atoms with Crippen molar-refractivity contribution in [3.05, 3.63) is 78.1 Å². The lowest BCUT2D eigenvalue weighted by atomic mass is 9.82. The van der Waals surface area contributed by atoms with Crippen LogP contribution in [-0.2, 0) is 27.0 Å². The van der Waals surface area contributed by atoms with Gasteiger partial charge < -0.3 is 20.2 Å². The number of fused-ring (bicyclic) bond motifs is 2. The molecule has 4 aliphatic rings. The second-order valence-corrected chi connectivity index (χ2v) is 16.7. The van der Waals surface area contributed by atoms with Crippen LogP contribution in [0.3, 0.4) is 0 Å². The molecule has 0 spiro atoms. The molecule has 2 aromatic rings. The molecule has 2 N–H and O–H groups in total. The molecular weight excluding hydrogens is 646 g/mol. The maximum atomic E-state index is 14.4. The highest BCUT2D eigenvalue weighted by atomic mass is 32.2. The minimum absolute atomic E-state index is 0.00278. The largest absolute Gasteiger partial charge is 0.383 e. The fourth-order valence-electron chi connectivity index (χ4n) is 8.65. The van der Waals surface area contributed by atoms with Crippen molar-refractivity contribution in [3.63, 3.8) is 0 Å². The second-order valence-electron chi connectivity index (χ2n) is 14.6. The van der Waals surface area contributed by atoms with Gasteiger partial charge in [-0.15, -0.1) is 6.58 Å². The number of sulfonamides is 1. The Morgan fingerprint density at radius 2 is 1.73 bits per heavy atom. The third-order valence-electron chi connectivity index (χ3n) is 11.4. The number of halogens is 1. The fourth-order valence-corrected chi connectivity index (χ4v) is 9.55. The lowest BCUT2D eigenvalue weighted by Gasteiger charge is -2.45. The van der Waals surface area contributed by atoms with Gasteiger partial charge in [0.05, 0.1) is 11.4 Å². The van der Waals surface area contributed by atoms with Crippen LogP contribution in [0.2, 0.25) is 0 Å². The van der Waals surface area contributed by atoms with E-state index in [1.54, 1.807) is 42.5 Å². The van der Waals surface area contributed by atoms with Crippen LogP contribution in [0.25, 0.3) is 0 Å². The van der Waals surface area contributed by atoms with E-state index in [9.17, 15) is 27.5 Å². The zero-order valence-corrected chi connectivity index (χ0v) is 29.5. The Bertz CT molecular complexity index is 1620. The Hall–Kier alpha value is -3.32. The predicted molar refractivity (Wildman–Crippen MR) is 185 cm³/mol. The van der Waals surface area contributed by atoms with Crippen molar-refractivity contribution in [2.45, 2.75) is 86.5 Å². The van der Waals surface area contributed by atoms with Gasteiger partial charge in [0.25, 0.3) is 0 Å². The molecule has 4 fully saturated rings. The quantitative estimate of drug-likeness (QED) is 0.339. The topological polar surface area (TPSA) is 113 Å². The Balaban J connectivity index is 1.12. The molecule has 266 valence electrons. The highest BCUT2D eigenvalue weighted by molar-refractivity contribution is 7.89. The summed E-state index contributed by atoms with van der Waals surface area (Å²) in [7, 11) is -0.555. The maximum Gasteiger partial charge on any atom is 0.318 e. The Morgan fingerprint density at radius 1 is 1.06 bits per heavy atom. The number of aliphatic hydroxyl groups is 1. The van der Waals surface area contributed by atoms with Gasteiger partial charge in [0.2, 0.25) is 15.9 Å². The Morgan fingerprint density at radius 3 is 2.35 bits per heavy atom. The van der Waals surface area contributed by atoms with E-state index in [0.29, 0.717) is 25.2 Å². The summed E-state index contributed by atoms with van der Waals surface area (Å²) < 4.78 is 40.4. The molecule has 2 bridgehead atoms. The molecule has 49 heavy (non-hydrogen) atoms. The number of hydrogen-bond donors (Lipinski definition) is 2. The maximum absolute atomic E-state index is 14.4. The standard InChI is InChI=1S/C37H50FN5O5S/c1-4-18-42(36(45)39-22-26-12-16-34(17-13-26)49(47,48)40(2)3)33-20-31-14-15-32(21-33)43(31)24-29-23-41(35(44)27-8-5-6-9-27)25-37(29,46)28-10-7-11-30(38)19-28/h4,7,10-13,16-17,19,27,29,31-33,46H,1,5-6,8-9,14-15,18,20-25H2,2-3H3,(H,39,45)/t29-,31-,32+,33?,37+/m1/s1. The van der Waals surface area contributed by atoms with Crippen molar-refractivity contribution in [1.82, 2.24) is 24.3 Å². The number of β-amino-alcohol motifs (C(OH)–C–C–N with tert-alkyl or cyclic N) is 1. The van der Waals surface area contributed by atoms with Gasteiger partial charge in [-0.25, -0.2) is 21.9 Å². The zero-order chi connectivity index (χ0) is 34.9. The lowest BCUT2D eigenvalue weighted by Crippen LogP contribution is -2.55. The van der Waals surface area contributed by atoms with Gasteiger partial charge in [-0.1, -0.05) is 43.2 Å². The molecule has 0 aromatic heterocycles. The van der Waals surface area contributed by atoms with E-state index in [0.717, 1.165) is 56.9 Å². The number of benzene rings is 2. The van der Waals surface area contributed by atoms with Crippen molar-refractivity contribution < 1.29 is 27.5 Å². The van der Waals surface area contributed by atoms with Gasteiger partial charge in [-0.3, -0.25) is 9.69 Å². The third kappa shape index (κ3) is 7.29. The van der Waals surface area contributed by atoms with Crippen LogP contribution in [0.1, 0.15) is 62.5 Å². The number of nitrogens with zero attached hydrogens (tertiary/aromatic N) is 4. The van der Waals surface area contributed by atoms with Crippen molar-refractivity contribution in [1.29, 1.82) is 0 Å². The summed E-state index contributed by atoms with van der Waals surface area (Å²) in [6, 6.07) is 12.9. The van der Waals surface area contributed by atoms with Crippen LogP contribution < -0.4 is 5.32 Å². The molecule has 1 saturated carbocycles. The van der Waals surface area contributed by atoms with E-state index in [1.807, 2.05) is 9.80 Å². The monoisotopic (exact) mass is 695 g/mol. The van der Waals surface area contributed by atoms with Crippen molar-refractivity contribution in [3.8, 4) is 0 Å². The van der Waals surface area contributed by atoms with E-state index in [4.69, 9.17) is 0 Å². The average Bonchev–Trinajstić information content (AvgIpc) is 3.79. The molecule has 3 heterocycles. The number of carbonyl (C=O) groups is 2. The molecule has 12 heteroatoms. The first-order valence-electron chi connectivity index (χ1n) is 17.6. The summed E-state index contributed by atoms with van der Waals surface area (Å²) in [5, 5.41) is 15.3. The first-order chi connectivity index (χ1) is 23.4. The number of piperidine rings is 1. The van der Waals surface area contributed by atoms with Crippen LogP contribution >= 0.6 is 0 Å². The normalized spacial score (nSPS) is 27.5. The fraction of sp³-hybridized carbons (Fsp3) is 0.568. The molecule has 1 unspecified atom stereocenters. The summed E-state index contributed by atoms with van der Waals surface area (Å²) in [6.45, 7) is 5.76. The first-order valence-corrected chi connectivity index (χ1v) is 19.0. The summed E-state index contributed by atoms with van der Waals surface area (Å²) >= 11 is 0. The van der Waals surface area contributed by atoms with E-state index in [-0.39, 0.29) is 59.9 Å². The van der Waals surface area contributed by atoms with Crippen molar-refractivity contribution in [2.24, 2.45) is 11.8 Å². The molecule has 2 aromatic carbocycles. The van der Waals surface area contributed by atoms with Crippen LogP contribution in [0.5, 0.6) is 0 Å². The lowest BCUT2D eigenvalue weighted by molar-refractivity contribution is -0.135. The first kappa shape index (κ1) is 35.5.